The van der Waals surface area contributed by atoms with Crippen molar-refractivity contribution in [2.45, 2.75) is 19.3 Å². The third-order valence-corrected chi connectivity index (χ3v) is 8.28. The number of amides is 1. The Morgan fingerprint density at radius 3 is 2.90 bits per heavy atom. The molecule has 5 aromatic rings. The summed E-state index contributed by atoms with van der Waals surface area (Å²) in [6.45, 7) is 1.96. The predicted molar refractivity (Wildman–Crippen MR) is 161 cm³/mol. The summed E-state index contributed by atoms with van der Waals surface area (Å²) in [7, 11) is 0. The smallest absolute Gasteiger partial charge is 0.224 e. The standard InChI is InChI=1S/C30H28N8OS/c39-26(12-18-5-8-31-9-6-18)34-22-13-21(15-32-16-22)19-3-4-25-24(14-19)28(38-37-25)30-35-27-23(7-10-33-29(27)36-30)20-2-1-11-40-17-20/h1-4,7,10,13-18,31H,5-6,8-9,11-12H2,(H,34,39)(H,37,38)(H,33,35,36). The first-order valence-electron chi connectivity index (χ1n) is 13.5. The van der Waals surface area contributed by atoms with Crippen LogP contribution in [0.3, 0.4) is 0 Å². The number of fused-ring (bicyclic) bond motifs is 2. The Labute approximate surface area is 235 Å². The van der Waals surface area contributed by atoms with E-state index in [9.17, 15) is 4.79 Å². The van der Waals surface area contributed by atoms with Crippen LogP contribution in [0, 0.1) is 5.92 Å². The fraction of sp³-hybridized carbons (Fsp3) is 0.233. The van der Waals surface area contributed by atoms with Crippen molar-refractivity contribution in [1.82, 2.24) is 35.5 Å². The molecule has 0 spiro atoms. The highest BCUT2D eigenvalue weighted by atomic mass is 32.2. The molecule has 200 valence electrons. The summed E-state index contributed by atoms with van der Waals surface area (Å²) in [6.07, 6.45) is 12.2. The number of rotatable bonds is 6. The normalized spacial score (nSPS) is 15.9. The molecule has 2 aliphatic heterocycles. The molecular weight excluding hydrogens is 520 g/mol. The molecule has 6 heterocycles. The summed E-state index contributed by atoms with van der Waals surface area (Å²) in [5, 5.41) is 17.2. The third-order valence-electron chi connectivity index (χ3n) is 7.48. The van der Waals surface area contributed by atoms with Crippen LogP contribution in [-0.4, -0.2) is 54.9 Å². The van der Waals surface area contributed by atoms with Crippen LogP contribution in [0.2, 0.25) is 0 Å². The van der Waals surface area contributed by atoms with Gasteiger partial charge >= 0.3 is 0 Å². The zero-order chi connectivity index (χ0) is 26.9. The van der Waals surface area contributed by atoms with Crippen molar-refractivity contribution < 1.29 is 4.79 Å². The highest BCUT2D eigenvalue weighted by Gasteiger charge is 2.19. The number of allylic oxidation sites excluding steroid dienone is 2. The number of imidazole rings is 1. The van der Waals surface area contributed by atoms with Crippen LogP contribution in [0.4, 0.5) is 5.69 Å². The van der Waals surface area contributed by atoms with Gasteiger partial charge < -0.3 is 15.6 Å². The summed E-state index contributed by atoms with van der Waals surface area (Å²) >= 11 is 1.77. The summed E-state index contributed by atoms with van der Waals surface area (Å²) in [6, 6.07) is 10.1. The van der Waals surface area contributed by atoms with E-state index >= 15 is 0 Å². The van der Waals surface area contributed by atoms with Crippen molar-refractivity contribution in [3.63, 3.8) is 0 Å². The van der Waals surface area contributed by atoms with E-state index in [1.54, 1.807) is 24.2 Å². The molecule has 1 saturated heterocycles. The number of aromatic amines is 2. The molecule has 0 unspecified atom stereocenters. The van der Waals surface area contributed by atoms with Crippen LogP contribution in [0.1, 0.15) is 24.8 Å². The Morgan fingerprint density at radius 1 is 1.10 bits per heavy atom. The second-order valence-electron chi connectivity index (χ2n) is 10.2. The van der Waals surface area contributed by atoms with Gasteiger partial charge in [0.2, 0.25) is 5.91 Å². The Bertz CT molecular complexity index is 1780. The van der Waals surface area contributed by atoms with E-state index in [1.807, 2.05) is 30.5 Å². The average molecular weight is 549 g/mol. The molecular formula is C30H28N8OS. The van der Waals surface area contributed by atoms with Gasteiger partial charge in [-0.25, -0.2) is 9.97 Å². The van der Waals surface area contributed by atoms with Crippen LogP contribution in [0.15, 0.2) is 66.5 Å². The molecule has 2 aliphatic rings. The number of aromatic nitrogens is 6. The molecule has 1 aromatic carbocycles. The number of H-pyrrole nitrogens is 2. The van der Waals surface area contributed by atoms with Gasteiger partial charge in [-0.2, -0.15) is 5.10 Å². The monoisotopic (exact) mass is 548 g/mol. The molecule has 0 aliphatic carbocycles. The number of hydrogen-bond donors (Lipinski definition) is 4. The highest BCUT2D eigenvalue weighted by Crippen LogP contribution is 2.33. The fourth-order valence-electron chi connectivity index (χ4n) is 5.43. The second kappa shape index (κ2) is 10.7. The molecule has 0 radical (unpaired) electrons. The van der Waals surface area contributed by atoms with Gasteiger partial charge in [-0.05, 0) is 72.7 Å². The van der Waals surface area contributed by atoms with Crippen molar-refractivity contribution in [2.75, 3.05) is 24.2 Å². The lowest BCUT2D eigenvalue weighted by molar-refractivity contribution is -0.117. The number of nitrogens with one attached hydrogen (secondary N) is 4. The van der Waals surface area contributed by atoms with E-state index < -0.39 is 0 Å². The van der Waals surface area contributed by atoms with Crippen molar-refractivity contribution in [1.29, 1.82) is 0 Å². The van der Waals surface area contributed by atoms with E-state index in [1.165, 1.54) is 0 Å². The van der Waals surface area contributed by atoms with Crippen molar-refractivity contribution in [2.24, 2.45) is 5.92 Å². The quantitative estimate of drug-likeness (QED) is 0.220. The van der Waals surface area contributed by atoms with E-state index in [0.717, 1.165) is 76.1 Å². The van der Waals surface area contributed by atoms with Crippen LogP contribution in [-0.2, 0) is 4.79 Å². The molecule has 1 amide bonds. The van der Waals surface area contributed by atoms with Crippen molar-refractivity contribution in [3.05, 3.63) is 72.0 Å². The maximum absolute atomic E-state index is 12.7. The molecule has 40 heavy (non-hydrogen) atoms. The highest BCUT2D eigenvalue weighted by molar-refractivity contribution is 8.02. The topological polar surface area (TPSA) is 124 Å². The largest absolute Gasteiger partial charge is 0.335 e. The number of piperidine rings is 1. The van der Waals surface area contributed by atoms with E-state index in [0.29, 0.717) is 29.5 Å². The second-order valence-corrected chi connectivity index (χ2v) is 11.1. The van der Waals surface area contributed by atoms with E-state index in [2.05, 4.69) is 59.4 Å². The molecule has 9 nitrogen and oxygen atoms in total. The van der Waals surface area contributed by atoms with Crippen LogP contribution in [0.25, 0.3) is 50.3 Å². The number of carbonyl (C=O) groups is 1. The molecule has 1 fully saturated rings. The Hall–Kier alpha value is -4.28. The molecule has 0 bridgehead atoms. The van der Waals surface area contributed by atoms with Gasteiger partial charge in [-0.3, -0.25) is 14.9 Å². The predicted octanol–water partition coefficient (Wildman–Crippen LogP) is 5.54. The maximum atomic E-state index is 12.7. The van der Waals surface area contributed by atoms with Gasteiger partial charge in [-0.15, -0.1) is 11.8 Å². The number of carbonyl (C=O) groups excluding carboxylic acids is 1. The number of nitrogens with zero attached hydrogens (tertiary/aromatic N) is 4. The van der Waals surface area contributed by atoms with Gasteiger partial charge in [0, 0.05) is 41.1 Å². The lowest BCUT2D eigenvalue weighted by Gasteiger charge is -2.21. The van der Waals surface area contributed by atoms with Gasteiger partial charge in [-0.1, -0.05) is 18.2 Å². The zero-order valence-corrected chi connectivity index (χ0v) is 22.6. The Kier molecular flexibility index (Phi) is 6.62. The Morgan fingerprint density at radius 2 is 2.02 bits per heavy atom. The molecule has 0 saturated carbocycles. The maximum Gasteiger partial charge on any atom is 0.224 e. The van der Waals surface area contributed by atoms with Crippen LogP contribution in [0.5, 0.6) is 0 Å². The number of pyridine rings is 2. The van der Waals surface area contributed by atoms with Gasteiger partial charge in [0.05, 0.1) is 22.9 Å². The number of hydrogen-bond acceptors (Lipinski definition) is 7. The first kappa shape index (κ1) is 24.7. The first-order valence-corrected chi connectivity index (χ1v) is 14.5. The average Bonchev–Trinajstić information content (AvgIpc) is 3.62. The molecule has 4 aromatic heterocycles. The van der Waals surface area contributed by atoms with Crippen LogP contribution >= 0.6 is 11.8 Å². The summed E-state index contributed by atoms with van der Waals surface area (Å²) in [5.74, 6) is 2.10. The first-order chi connectivity index (χ1) is 19.7. The number of benzene rings is 1. The van der Waals surface area contributed by atoms with Gasteiger partial charge in [0.1, 0.15) is 5.69 Å². The lowest BCUT2D eigenvalue weighted by atomic mass is 9.94. The number of thioether (sulfide) groups is 1. The third kappa shape index (κ3) is 4.91. The summed E-state index contributed by atoms with van der Waals surface area (Å²) in [5.41, 5.74) is 7.97. The molecule has 7 rings (SSSR count). The van der Waals surface area contributed by atoms with Crippen molar-refractivity contribution in [3.8, 4) is 22.6 Å². The van der Waals surface area contributed by atoms with Gasteiger partial charge in [0.15, 0.2) is 11.5 Å². The minimum atomic E-state index is 0.0364. The van der Waals surface area contributed by atoms with Gasteiger partial charge in [0.25, 0.3) is 0 Å². The SMILES string of the molecule is O=C(CC1CCNCC1)Nc1cncc(-c2ccc3[nH]nc(-c4nc5nccc(C6=CSCC=C6)c5[nH]4)c3c2)c1. The minimum Gasteiger partial charge on any atom is -0.335 e. The molecule has 10 heteroatoms. The summed E-state index contributed by atoms with van der Waals surface area (Å²) in [4.78, 5) is 29.8. The van der Waals surface area contributed by atoms with E-state index in [-0.39, 0.29) is 5.91 Å². The van der Waals surface area contributed by atoms with Crippen LogP contribution < -0.4 is 10.6 Å². The molecule has 4 N–H and O–H groups in total. The van der Waals surface area contributed by atoms with E-state index in [4.69, 9.17) is 4.98 Å². The lowest BCUT2D eigenvalue weighted by Crippen LogP contribution is -2.30. The summed E-state index contributed by atoms with van der Waals surface area (Å²) < 4.78 is 0. The Balaban J connectivity index is 1.18. The zero-order valence-electron chi connectivity index (χ0n) is 21.8. The molecule has 0 atom stereocenters. The van der Waals surface area contributed by atoms with Crippen molar-refractivity contribution >= 4 is 51.0 Å². The number of anilines is 1. The fourth-order valence-corrected chi connectivity index (χ4v) is 6.11. The minimum absolute atomic E-state index is 0.0364.